The maximum atomic E-state index is 12.6. The zero-order chi connectivity index (χ0) is 17.4. The van der Waals surface area contributed by atoms with E-state index in [0.29, 0.717) is 28.0 Å². The van der Waals surface area contributed by atoms with E-state index >= 15 is 0 Å². The van der Waals surface area contributed by atoms with Crippen molar-refractivity contribution in [3.05, 3.63) is 63.3 Å². The summed E-state index contributed by atoms with van der Waals surface area (Å²) in [6.07, 6.45) is 0. The van der Waals surface area contributed by atoms with Gasteiger partial charge in [-0.15, -0.1) is 0 Å². The van der Waals surface area contributed by atoms with E-state index in [-0.39, 0.29) is 16.6 Å². The third-order valence-electron chi connectivity index (χ3n) is 4.16. The zero-order valence-electron chi connectivity index (χ0n) is 13.7. The highest BCUT2D eigenvalue weighted by Crippen LogP contribution is 2.32. The molecule has 0 aliphatic heterocycles. The maximum Gasteiger partial charge on any atom is 0.252 e. The van der Waals surface area contributed by atoms with Crippen molar-refractivity contribution >= 4 is 16.9 Å². The van der Waals surface area contributed by atoms with Crippen LogP contribution in [0.1, 0.15) is 21.5 Å². The molecule has 1 heterocycles. The van der Waals surface area contributed by atoms with Gasteiger partial charge in [0, 0.05) is 6.07 Å². The van der Waals surface area contributed by atoms with Crippen molar-refractivity contribution < 1.29 is 13.9 Å². The SMILES string of the molecule is COc1ccccc1-c1cc(=O)c2cc(C)c(C)c(C(N)=O)c2o1. The van der Waals surface area contributed by atoms with Gasteiger partial charge in [0.25, 0.3) is 5.91 Å². The van der Waals surface area contributed by atoms with E-state index < -0.39 is 5.91 Å². The predicted octanol–water partition coefficient (Wildman–Crippen LogP) is 3.18. The summed E-state index contributed by atoms with van der Waals surface area (Å²) in [6, 6.07) is 10.3. The van der Waals surface area contributed by atoms with E-state index in [1.165, 1.54) is 6.07 Å². The zero-order valence-corrected chi connectivity index (χ0v) is 13.7. The Kier molecular flexibility index (Phi) is 3.85. The van der Waals surface area contributed by atoms with Crippen LogP contribution in [0.5, 0.6) is 5.75 Å². The molecule has 0 saturated carbocycles. The Morgan fingerprint density at radius 1 is 1.17 bits per heavy atom. The first kappa shape index (κ1) is 15.8. The molecule has 0 radical (unpaired) electrons. The first-order valence-corrected chi connectivity index (χ1v) is 7.45. The number of benzene rings is 2. The Bertz CT molecular complexity index is 1020. The molecular weight excluding hydrogens is 306 g/mol. The molecule has 1 aromatic heterocycles. The fraction of sp³-hybridized carbons (Fsp3) is 0.158. The summed E-state index contributed by atoms with van der Waals surface area (Å²) in [6.45, 7) is 3.61. The number of hydrogen-bond acceptors (Lipinski definition) is 4. The van der Waals surface area contributed by atoms with Gasteiger partial charge in [-0.25, -0.2) is 0 Å². The Labute approximate surface area is 138 Å². The van der Waals surface area contributed by atoms with Gasteiger partial charge < -0.3 is 14.9 Å². The summed E-state index contributed by atoms with van der Waals surface area (Å²) in [4.78, 5) is 24.5. The number of rotatable bonds is 3. The molecule has 5 nitrogen and oxygen atoms in total. The molecule has 0 unspecified atom stereocenters. The molecule has 0 atom stereocenters. The summed E-state index contributed by atoms with van der Waals surface area (Å²) in [5.74, 6) is 0.279. The van der Waals surface area contributed by atoms with E-state index in [0.717, 1.165) is 5.56 Å². The third kappa shape index (κ3) is 2.44. The van der Waals surface area contributed by atoms with E-state index in [4.69, 9.17) is 14.9 Å². The number of fused-ring (bicyclic) bond motifs is 1. The van der Waals surface area contributed by atoms with Crippen molar-refractivity contribution in [2.24, 2.45) is 5.73 Å². The van der Waals surface area contributed by atoms with Gasteiger partial charge in [-0.1, -0.05) is 12.1 Å². The van der Waals surface area contributed by atoms with Crippen LogP contribution >= 0.6 is 0 Å². The van der Waals surface area contributed by atoms with Crippen LogP contribution in [0.2, 0.25) is 0 Å². The van der Waals surface area contributed by atoms with Gasteiger partial charge in [0.15, 0.2) is 11.0 Å². The van der Waals surface area contributed by atoms with Gasteiger partial charge >= 0.3 is 0 Å². The summed E-state index contributed by atoms with van der Waals surface area (Å²) >= 11 is 0. The fourth-order valence-electron chi connectivity index (χ4n) is 2.80. The molecule has 0 aliphatic carbocycles. The summed E-state index contributed by atoms with van der Waals surface area (Å²) in [5.41, 5.74) is 7.88. The second-order valence-corrected chi connectivity index (χ2v) is 5.61. The number of aryl methyl sites for hydroxylation is 1. The van der Waals surface area contributed by atoms with Gasteiger partial charge in [0.2, 0.25) is 0 Å². The highest BCUT2D eigenvalue weighted by molar-refractivity contribution is 6.06. The fourth-order valence-corrected chi connectivity index (χ4v) is 2.80. The van der Waals surface area contributed by atoms with Crippen molar-refractivity contribution in [1.29, 1.82) is 0 Å². The molecule has 0 bridgehead atoms. The van der Waals surface area contributed by atoms with Crippen molar-refractivity contribution in [3.63, 3.8) is 0 Å². The van der Waals surface area contributed by atoms with E-state index in [1.54, 1.807) is 32.2 Å². The number of ether oxygens (including phenoxy) is 1. The molecule has 1 amide bonds. The average Bonchev–Trinajstić information content (AvgIpc) is 2.56. The lowest BCUT2D eigenvalue weighted by Gasteiger charge is -2.12. The van der Waals surface area contributed by atoms with Gasteiger partial charge in [-0.2, -0.15) is 0 Å². The standard InChI is InChI=1S/C19H17NO4/c1-10-8-13-14(21)9-16(12-6-4-5-7-15(12)23-3)24-18(13)17(11(10)2)19(20)22/h4-9H,1-3H3,(H2,20,22). The molecule has 0 saturated heterocycles. The second kappa shape index (κ2) is 5.85. The Balaban J connectivity index is 2.42. The van der Waals surface area contributed by atoms with Crippen LogP contribution < -0.4 is 15.9 Å². The Hall–Kier alpha value is -3.08. The van der Waals surface area contributed by atoms with Crippen molar-refractivity contribution in [2.45, 2.75) is 13.8 Å². The first-order valence-electron chi connectivity index (χ1n) is 7.45. The highest BCUT2D eigenvalue weighted by atomic mass is 16.5. The average molecular weight is 323 g/mol. The smallest absolute Gasteiger partial charge is 0.252 e. The van der Waals surface area contributed by atoms with Crippen molar-refractivity contribution in [1.82, 2.24) is 0 Å². The van der Waals surface area contributed by atoms with Gasteiger partial charge in [-0.3, -0.25) is 9.59 Å². The Morgan fingerprint density at radius 2 is 1.88 bits per heavy atom. The molecule has 0 spiro atoms. The quantitative estimate of drug-likeness (QED) is 0.802. The van der Waals surface area contributed by atoms with Crippen LogP contribution in [0.4, 0.5) is 0 Å². The largest absolute Gasteiger partial charge is 0.496 e. The van der Waals surface area contributed by atoms with Crippen LogP contribution in [-0.4, -0.2) is 13.0 Å². The number of primary amides is 1. The highest BCUT2D eigenvalue weighted by Gasteiger charge is 2.19. The molecular formula is C19H17NO4. The molecule has 3 rings (SSSR count). The van der Waals surface area contributed by atoms with Crippen LogP contribution in [0.3, 0.4) is 0 Å². The van der Waals surface area contributed by atoms with Crippen LogP contribution in [0.15, 0.2) is 45.6 Å². The molecule has 122 valence electrons. The van der Waals surface area contributed by atoms with Gasteiger partial charge in [-0.05, 0) is 43.2 Å². The van der Waals surface area contributed by atoms with Crippen molar-refractivity contribution in [3.8, 4) is 17.1 Å². The van der Waals surface area contributed by atoms with Gasteiger partial charge in [0.1, 0.15) is 11.5 Å². The van der Waals surface area contributed by atoms with Crippen LogP contribution in [0.25, 0.3) is 22.3 Å². The lowest BCUT2D eigenvalue weighted by molar-refractivity contribution is 0.100. The monoisotopic (exact) mass is 323 g/mol. The third-order valence-corrected chi connectivity index (χ3v) is 4.16. The van der Waals surface area contributed by atoms with Crippen molar-refractivity contribution in [2.75, 3.05) is 7.11 Å². The topological polar surface area (TPSA) is 82.5 Å². The second-order valence-electron chi connectivity index (χ2n) is 5.61. The van der Waals surface area contributed by atoms with E-state index in [1.807, 2.05) is 19.1 Å². The van der Waals surface area contributed by atoms with Gasteiger partial charge in [0.05, 0.1) is 23.6 Å². The molecule has 2 aromatic carbocycles. The van der Waals surface area contributed by atoms with E-state index in [9.17, 15) is 9.59 Å². The maximum absolute atomic E-state index is 12.6. The Morgan fingerprint density at radius 3 is 2.54 bits per heavy atom. The van der Waals surface area contributed by atoms with Crippen LogP contribution in [-0.2, 0) is 0 Å². The van der Waals surface area contributed by atoms with E-state index in [2.05, 4.69) is 0 Å². The van der Waals surface area contributed by atoms with Crippen LogP contribution in [0, 0.1) is 13.8 Å². The number of amides is 1. The molecule has 0 aliphatic rings. The number of carbonyl (C=O) groups excluding carboxylic acids is 1. The minimum Gasteiger partial charge on any atom is -0.496 e. The number of methoxy groups -OCH3 is 1. The normalized spacial score (nSPS) is 10.8. The minimum absolute atomic E-state index is 0.207. The lowest BCUT2D eigenvalue weighted by Crippen LogP contribution is -2.16. The molecule has 24 heavy (non-hydrogen) atoms. The summed E-state index contributed by atoms with van der Waals surface area (Å²) in [5, 5.41) is 0.338. The predicted molar refractivity (Wildman–Crippen MR) is 92.5 cm³/mol. The number of hydrogen-bond donors (Lipinski definition) is 1. The molecule has 2 N–H and O–H groups in total. The summed E-state index contributed by atoms with van der Waals surface area (Å²) < 4.78 is 11.2. The molecule has 3 aromatic rings. The number of nitrogens with two attached hydrogens (primary N) is 1. The first-order chi connectivity index (χ1) is 11.4. The lowest BCUT2D eigenvalue weighted by atomic mass is 9.98. The summed E-state index contributed by atoms with van der Waals surface area (Å²) in [7, 11) is 1.54. The molecule has 5 heteroatoms. The minimum atomic E-state index is -0.624. The number of para-hydroxylation sites is 1. The molecule has 0 fully saturated rings. The number of carbonyl (C=O) groups is 1.